The van der Waals surface area contributed by atoms with Gasteiger partial charge in [-0.05, 0) is 30.7 Å². The van der Waals surface area contributed by atoms with Gasteiger partial charge in [-0.3, -0.25) is 9.78 Å². The third-order valence-electron chi connectivity index (χ3n) is 2.39. The number of amides is 1. The normalized spacial score (nSPS) is 9.95. The molecule has 0 aliphatic rings. The van der Waals surface area contributed by atoms with Crippen LogP contribution in [0.1, 0.15) is 23.8 Å². The van der Waals surface area contributed by atoms with E-state index >= 15 is 0 Å². The van der Waals surface area contributed by atoms with E-state index in [2.05, 4.69) is 32.7 Å². The number of hydrogen-bond donors (Lipinski definition) is 2. The molecule has 0 radical (unpaired) electrons. The van der Waals surface area contributed by atoms with Gasteiger partial charge in [-0.25, -0.2) is 0 Å². The number of carbonyl (C=O) groups is 1. The van der Waals surface area contributed by atoms with Crippen molar-refractivity contribution in [1.29, 1.82) is 0 Å². The zero-order chi connectivity index (χ0) is 13.5. The minimum absolute atomic E-state index is 0.305. The van der Waals surface area contributed by atoms with E-state index < -0.39 is 0 Å². The highest BCUT2D eigenvalue weighted by molar-refractivity contribution is 6.02. The lowest BCUT2D eigenvalue weighted by molar-refractivity contribution is 0.102. The quantitative estimate of drug-likeness (QED) is 0.855. The molecule has 0 aliphatic carbocycles. The Balaban J connectivity index is 2.06. The first-order chi connectivity index (χ1) is 9.29. The maximum atomic E-state index is 12.0. The first-order valence-corrected chi connectivity index (χ1v) is 6.08. The summed E-state index contributed by atoms with van der Waals surface area (Å²) in [6, 6.07) is 6.91. The molecule has 0 fully saturated rings. The van der Waals surface area contributed by atoms with Crippen molar-refractivity contribution in [3.8, 4) is 0 Å². The Kier molecular flexibility index (Phi) is 4.39. The lowest BCUT2D eigenvalue weighted by atomic mass is 10.3. The van der Waals surface area contributed by atoms with E-state index in [0.717, 1.165) is 18.7 Å². The zero-order valence-corrected chi connectivity index (χ0v) is 10.6. The van der Waals surface area contributed by atoms with Crippen molar-refractivity contribution < 1.29 is 4.79 Å². The van der Waals surface area contributed by atoms with Gasteiger partial charge in [0, 0.05) is 24.6 Å². The molecule has 0 unspecified atom stereocenters. The first-order valence-electron chi connectivity index (χ1n) is 6.08. The highest BCUT2D eigenvalue weighted by atomic mass is 16.1. The first kappa shape index (κ1) is 12.9. The van der Waals surface area contributed by atoms with Crippen molar-refractivity contribution in [2.45, 2.75) is 13.3 Å². The number of hydrogen-bond acceptors (Lipinski definition) is 5. The maximum absolute atomic E-state index is 12.0. The Morgan fingerprint density at radius 2 is 2.21 bits per heavy atom. The number of nitrogens with one attached hydrogen (secondary N) is 2. The molecule has 1 amide bonds. The Morgan fingerprint density at radius 3 is 2.95 bits per heavy atom. The smallest absolute Gasteiger partial charge is 0.275 e. The van der Waals surface area contributed by atoms with Crippen molar-refractivity contribution in [1.82, 2.24) is 15.2 Å². The topological polar surface area (TPSA) is 79.8 Å². The standard InChI is InChI=1S/C13H15N5O/c1-2-6-14-10-5-8-15-11(9-10)13(19)17-12-4-3-7-16-18-12/h3-5,7-9H,2,6H2,1H3,(H,14,15)(H,17,18,19). The van der Waals surface area contributed by atoms with Crippen molar-refractivity contribution in [3.63, 3.8) is 0 Å². The Hall–Kier alpha value is -2.50. The molecule has 2 aromatic rings. The van der Waals surface area contributed by atoms with Crippen LogP contribution < -0.4 is 10.6 Å². The fourth-order valence-corrected chi connectivity index (χ4v) is 1.48. The Labute approximate surface area is 111 Å². The van der Waals surface area contributed by atoms with Crippen LogP contribution in [0, 0.1) is 0 Å². The summed E-state index contributed by atoms with van der Waals surface area (Å²) in [6.45, 7) is 2.94. The molecule has 0 aliphatic heterocycles. The van der Waals surface area contributed by atoms with Crippen molar-refractivity contribution >= 4 is 17.4 Å². The molecule has 0 aromatic carbocycles. The molecule has 0 spiro atoms. The molecule has 98 valence electrons. The van der Waals surface area contributed by atoms with E-state index in [9.17, 15) is 4.79 Å². The molecule has 19 heavy (non-hydrogen) atoms. The monoisotopic (exact) mass is 257 g/mol. The number of nitrogens with zero attached hydrogens (tertiary/aromatic N) is 3. The summed E-state index contributed by atoms with van der Waals surface area (Å²) < 4.78 is 0. The average molecular weight is 257 g/mol. The maximum Gasteiger partial charge on any atom is 0.275 e. The minimum Gasteiger partial charge on any atom is -0.385 e. The van der Waals surface area contributed by atoms with Gasteiger partial charge >= 0.3 is 0 Å². The van der Waals surface area contributed by atoms with Gasteiger partial charge in [0.1, 0.15) is 5.69 Å². The number of carbonyl (C=O) groups excluding carboxylic acids is 1. The van der Waals surface area contributed by atoms with Gasteiger partial charge in [0.25, 0.3) is 5.91 Å². The summed E-state index contributed by atoms with van der Waals surface area (Å²) in [5, 5.41) is 13.3. The predicted molar refractivity (Wildman–Crippen MR) is 73.0 cm³/mol. The molecule has 0 bridgehead atoms. The molecule has 6 heteroatoms. The van der Waals surface area contributed by atoms with E-state index in [1.807, 2.05) is 6.07 Å². The summed E-state index contributed by atoms with van der Waals surface area (Å²) in [6.07, 6.45) is 4.16. The predicted octanol–water partition coefficient (Wildman–Crippen LogP) is 1.95. The highest BCUT2D eigenvalue weighted by Gasteiger charge is 2.08. The summed E-state index contributed by atoms with van der Waals surface area (Å²) >= 11 is 0. The number of rotatable bonds is 5. The van der Waals surface area contributed by atoms with Crippen LogP contribution in [-0.2, 0) is 0 Å². The van der Waals surface area contributed by atoms with Gasteiger partial charge in [0.15, 0.2) is 5.82 Å². The van der Waals surface area contributed by atoms with Crippen LogP contribution in [0.25, 0.3) is 0 Å². The minimum atomic E-state index is -0.305. The molecule has 2 aromatic heterocycles. The fraction of sp³-hybridized carbons (Fsp3) is 0.231. The third-order valence-corrected chi connectivity index (χ3v) is 2.39. The van der Waals surface area contributed by atoms with E-state index in [0.29, 0.717) is 11.5 Å². The molecule has 2 heterocycles. The van der Waals surface area contributed by atoms with Crippen LogP contribution >= 0.6 is 0 Å². The van der Waals surface area contributed by atoms with Crippen molar-refractivity contribution in [2.24, 2.45) is 0 Å². The molecule has 2 rings (SSSR count). The van der Waals surface area contributed by atoms with Gasteiger partial charge in [-0.1, -0.05) is 6.92 Å². The third kappa shape index (κ3) is 3.74. The van der Waals surface area contributed by atoms with Crippen molar-refractivity contribution in [2.75, 3.05) is 17.2 Å². The lowest BCUT2D eigenvalue weighted by Crippen LogP contribution is -2.15. The van der Waals surface area contributed by atoms with Crippen LogP contribution in [-0.4, -0.2) is 27.6 Å². The van der Waals surface area contributed by atoms with Gasteiger partial charge in [0.2, 0.25) is 0 Å². The van der Waals surface area contributed by atoms with E-state index in [4.69, 9.17) is 0 Å². The number of aromatic nitrogens is 3. The van der Waals surface area contributed by atoms with Gasteiger partial charge < -0.3 is 10.6 Å². The second-order valence-corrected chi connectivity index (χ2v) is 3.92. The van der Waals surface area contributed by atoms with Crippen molar-refractivity contribution in [3.05, 3.63) is 42.4 Å². The zero-order valence-electron chi connectivity index (χ0n) is 10.6. The van der Waals surface area contributed by atoms with E-state index in [1.165, 1.54) is 0 Å². The second kappa shape index (κ2) is 6.44. The van der Waals surface area contributed by atoms with Crippen LogP contribution in [0.4, 0.5) is 11.5 Å². The number of pyridine rings is 1. The molecule has 0 atom stereocenters. The van der Waals surface area contributed by atoms with Gasteiger partial charge in [-0.15, -0.1) is 5.10 Å². The number of anilines is 2. The van der Waals surface area contributed by atoms with Crippen LogP contribution in [0.2, 0.25) is 0 Å². The Morgan fingerprint density at radius 1 is 1.32 bits per heavy atom. The van der Waals surface area contributed by atoms with Crippen LogP contribution in [0.3, 0.4) is 0 Å². The molecule has 0 saturated heterocycles. The second-order valence-electron chi connectivity index (χ2n) is 3.92. The lowest BCUT2D eigenvalue weighted by Gasteiger charge is -2.06. The summed E-state index contributed by atoms with van der Waals surface area (Å²) in [4.78, 5) is 16.0. The molecule has 0 saturated carbocycles. The van der Waals surface area contributed by atoms with Gasteiger partial charge in [-0.2, -0.15) is 5.10 Å². The summed E-state index contributed by atoms with van der Waals surface area (Å²) in [5.74, 6) is 0.0990. The van der Waals surface area contributed by atoms with E-state index in [1.54, 1.807) is 30.6 Å². The molecular formula is C13H15N5O. The average Bonchev–Trinajstić information content (AvgIpc) is 2.46. The van der Waals surface area contributed by atoms with Gasteiger partial charge in [0.05, 0.1) is 0 Å². The van der Waals surface area contributed by atoms with E-state index in [-0.39, 0.29) is 5.91 Å². The fourth-order valence-electron chi connectivity index (χ4n) is 1.48. The Bertz CT molecular complexity index is 544. The van der Waals surface area contributed by atoms with Crippen LogP contribution in [0.5, 0.6) is 0 Å². The SMILES string of the molecule is CCCNc1ccnc(C(=O)Nc2cccnn2)c1. The molecule has 6 nitrogen and oxygen atoms in total. The molecular weight excluding hydrogens is 242 g/mol. The largest absolute Gasteiger partial charge is 0.385 e. The highest BCUT2D eigenvalue weighted by Crippen LogP contribution is 2.09. The summed E-state index contributed by atoms with van der Waals surface area (Å²) in [7, 11) is 0. The summed E-state index contributed by atoms with van der Waals surface area (Å²) in [5.41, 5.74) is 1.22. The van der Waals surface area contributed by atoms with Crippen LogP contribution in [0.15, 0.2) is 36.7 Å². The molecule has 2 N–H and O–H groups in total.